The minimum Gasteiger partial charge on any atom is -0.352 e. The van der Waals surface area contributed by atoms with Gasteiger partial charge in [-0.1, -0.05) is 12.1 Å². The second kappa shape index (κ2) is 6.44. The van der Waals surface area contributed by atoms with Gasteiger partial charge in [0, 0.05) is 37.8 Å². The van der Waals surface area contributed by atoms with Gasteiger partial charge in [-0.15, -0.1) is 0 Å². The van der Waals surface area contributed by atoms with Gasteiger partial charge in [-0.05, 0) is 30.5 Å². The topological polar surface area (TPSA) is 70.7 Å². The minimum atomic E-state index is 0.0814. The van der Waals surface area contributed by atoms with E-state index in [0.717, 1.165) is 30.8 Å². The summed E-state index contributed by atoms with van der Waals surface area (Å²) in [4.78, 5) is 16.4. The van der Waals surface area contributed by atoms with Crippen LogP contribution in [0.5, 0.6) is 0 Å². The lowest BCUT2D eigenvalue weighted by molar-refractivity contribution is -0.122. The molecule has 0 aliphatic carbocycles. The number of amides is 1. The number of imidazole rings is 1. The number of benzene rings is 1. The molecule has 1 amide bonds. The van der Waals surface area contributed by atoms with Gasteiger partial charge in [0.15, 0.2) is 0 Å². The van der Waals surface area contributed by atoms with Gasteiger partial charge in [0.05, 0.1) is 11.6 Å². The van der Waals surface area contributed by atoms with Crippen molar-refractivity contribution in [3.63, 3.8) is 0 Å². The van der Waals surface area contributed by atoms with E-state index in [1.54, 1.807) is 12.1 Å². The molecule has 1 aromatic heterocycles. The number of hydrogen-bond acceptors (Lipinski definition) is 3. The molecule has 3 rings (SSSR count). The SMILES string of the molecule is N#Cc1ccc(CCC(=O)N[C@H]2CCc3nccn3C2)cc1. The first kappa shape index (κ1) is 14.3. The number of nitrogens with one attached hydrogen (secondary N) is 1. The van der Waals surface area contributed by atoms with Crippen molar-refractivity contribution in [2.75, 3.05) is 0 Å². The van der Waals surface area contributed by atoms with E-state index in [9.17, 15) is 4.79 Å². The molecule has 1 aliphatic rings. The molecule has 0 radical (unpaired) electrons. The van der Waals surface area contributed by atoms with E-state index >= 15 is 0 Å². The highest BCUT2D eigenvalue weighted by atomic mass is 16.1. The highest BCUT2D eigenvalue weighted by molar-refractivity contribution is 5.76. The summed E-state index contributed by atoms with van der Waals surface area (Å²) in [5, 5.41) is 11.9. The maximum atomic E-state index is 12.1. The number of hydrogen-bond donors (Lipinski definition) is 1. The van der Waals surface area contributed by atoms with Crippen LogP contribution in [0.15, 0.2) is 36.7 Å². The van der Waals surface area contributed by atoms with Crippen LogP contribution in [0.1, 0.15) is 29.8 Å². The van der Waals surface area contributed by atoms with Crippen LogP contribution in [-0.4, -0.2) is 21.5 Å². The molecule has 0 saturated carbocycles. The van der Waals surface area contributed by atoms with Gasteiger partial charge in [-0.2, -0.15) is 5.26 Å². The first-order valence-corrected chi connectivity index (χ1v) is 7.53. The van der Waals surface area contributed by atoms with Crippen LogP contribution in [-0.2, 0) is 24.2 Å². The molecule has 0 saturated heterocycles. The normalized spacial score (nSPS) is 16.6. The largest absolute Gasteiger partial charge is 0.352 e. The van der Waals surface area contributed by atoms with Gasteiger partial charge in [0.1, 0.15) is 5.82 Å². The van der Waals surface area contributed by atoms with Crippen LogP contribution < -0.4 is 5.32 Å². The minimum absolute atomic E-state index is 0.0814. The lowest BCUT2D eigenvalue weighted by atomic mass is 10.1. The van der Waals surface area contributed by atoms with E-state index in [0.29, 0.717) is 18.4 Å². The molecule has 22 heavy (non-hydrogen) atoms. The molecule has 0 fully saturated rings. The summed E-state index contributed by atoms with van der Waals surface area (Å²) in [6.45, 7) is 0.804. The first-order valence-electron chi connectivity index (χ1n) is 7.53. The quantitative estimate of drug-likeness (QED) is 0.935. The zero-order chi connectivity index (χ0) is 15.4. The molecule has 0 spiro atoms. The molecular weight excluding hydrogens is 276 g/mol. The van der Waals surface area contributed by atoms with Crippen LogP contribution in [0.4, 0.5) is 0 Å². The molecule has 0 bridgehead atoms. The number of aryl methyl sites for hydroxylation is 2. The Morgan fingerprint density at radius 2 is 2.23 bits per heavy atom. The van der Waals surface area contributed by atoms with Crippen LogP contribution in [0, 0.1) is 11.3 Å². The lowest BCUT2D eigenvalue weighted by Crippen LogP contribution is -2.40. The highest BCUT2D eigenvalue weighted by Gasteiger charge is 2.19. The molecule has 5 nitrogen and oxygen atoms in total. The summed E-state index contributed by atoms with van der Waals surface area (Å²) >= 11 is 0. The van der Waals surface area contributed by atoms with Crippen molar-refractivity contribution in [1.82, 2.24) is 14.9 Å². The molecule has 1 atom stereocenters. The maximum absolute atomic E-state index is 12.1. The Morgan fingerprint density at radius 3 is 3.00 bits per heavy atom. The summed E-state index contributed by atoms with van der Waals surface area (Å²) in [6.07, 6.45) is 6.79. The fourth-order valence-electron chi connectivity index (χ4n) is 2.79. The average Bonchev–Trinajstić information content (AvgIpc) is 3.01. The van der Waals surface area contributed by atoms with Gasteiger partial charge in [0.2, 0.25) is 5.91 Å². The van der Waals surface area contributed by atoms with E-state index in [1.165, 1.54) is 0 Å². The predicted octanol–water partition coefficient (Wildman–Crippen LogP) is 1.82. The van der Waals surface area contributed by atoms with Crippen molar-refractivity contribution in [2.24, 2.45) is 0 Å². The number of nitrogens with zero attached hydrogens (tertiary/aromatic N) is 3. The highest BCUT2D eigenvalue weighted by Crippen LogP contribution is 2.13. The van der Waals surface area contributed by atoms with E-state index in [2.05, 4.69) is 20.9 Å². The Kier molecular flexibility index (Phi) is 4.19. The molecule has 2 aromatic rings. The lowest BCUT2D eigenvalue weighted by Gasteiger charge is -2.24. The zero-order valence-electron chi connectivity index (χ0n) is 12.3. The number of nitriles is 1. The molecule has 112 valence electrons. The van der Waals surface area contributed by atoms with Crippen molar-refractivity contribution >= 4 is 5.91 Å². The van der Waals surface area contributed by atoms with Crippen molar-refractivity contribution in [3.05, 3.63) is 53.6 Å². The number of carbonyl (C=O) groups excluding carboxylic acids is 1. The Bertz CT molecular complexity index is 696. The third kappa shape index (κ3) is 3.34. The van der Waals surface area contributed by atoms with Crippen molar-refractivity contribution in [1.29, 1.82) is 5.26 Å². The molecule has 1 aromatic carbocycles. The molecule has 1 N–H and O–H groups in total. The van der Waals surface area contributed by atoms with Gasteiger partial charge in [-0.25, -0.2) is 4.98 Å². The molecule has 5 heteroatoms. The summed E-state index contributed by atoms with van der Waals surface area (Å²) < 4.78 is 2.11. The van der Waals surface area contributed by atoms with Gasteiger partial charge in [-0.3, -0.25) is 4.79 Å². The average molecular weight is 294 g/mol. The Balaban J connectivity index is 1.47. The first-order chi connectivity index (χ1) is 10.7. The zero-order valence-corrected chi connectivity index (χ0v) is 12.3. The molecule has 2 heterocycles. The number of rotatable bonds is 4. The summed E-state index contributed by atoms with van der Waals surface area (Å²) in [5.74, 6) is 1.18. The van der Waals surface area contributed by atoms with E-state index in [4.69, 9.17) is 5.26 Å². The predicted molar refractivity (Wildman–Crippen MR) is 82.0 cm³/mol. The van der Waals surface area contributed by atoms with E-state index in [-0.39, 0.29) is 11.9 Å². The van der Waals surface area contributed by atoms with Gasteiger partial charge < -0.3 is 9.88 Å². The summed E-state index contributed by atoms with van der Waals surface area (Å²) in [6, 6.07) is 9.67. The third-order valence-corrected chi connectivity index (χ3v) is 4.02. The van der Waals surface area contributed by atoms with Crippen LogP contribution in [0.3, 0.4) is 0 Å². The van der Waals surface area contributed by atoms with Crippen LogP contribution >= 0.6 is 0 Å². The Morgan fingerprint density at radius 1 is 1.41 bits per heavy atom. The third-order valence-electron chi connectivity index (χ3n) is 4.02. The second-order valence-electron chi connectivity index (χ2n) is 5.61. The van der Waals surface area contributed by atoms with Gasteiger partial charge >= 0.3 is 0 Å². The summed E-state index contributed by atoms with van der Waals surface area (Å²) in [7, 11) is 0. The Hall–Kier alpha value is -2.61. The van der Waals surface area contributed by atoms with Crippen LogP contribution in [0.25, 0.3) is 0 Å². The maximum Gasteiger partial charge on any atom is 0.220 e. The van der Waals surface area contributed by atoms with Crippen LogP contribution in [0.2, 0.25) is 0 Å². The van der Waals surface area contributed by atoms with E-state index < -0.39 is 0 Å². The van der Waals surface area contributed by atoms with Gasteiger partial charge in [0.25, 0.3) is 0 Å². The molecule has 1 aliphatic heterocycles. The smallest absolute Gasteiger partial charge is 0.220 e. The van der Waals surface area contributed by atoms with Crippen molar-refractivity contribution in [3.8, 4) is 6.07 Å². The fourth-order valence-corrected chi connectivity index (χ4v) is 2.79. The number of fused-ring (bicyclic) bond motifs is 1. The molecule has 0 unspecified atom stereocenters. The van der Waals surface area contributed by atoms with Crippen molar-refractivity contribution < 1.29 is 4.79 Å². The van der Waals surface area contributed by atoms with Crippen molar-refractivity contribution in [2.45, 2.75) is 38.3 Å². The standard InChI is InChI=1S/C17H18N4O/c18-11-14-3-1-13(2-4-14)5-8-17(22)20-15-6-7-16-19-9-10-21(16)12-15/h1-4,9-10,15H,5-8,12H2,(H,20,22)/t15-/m0/s1. The fraction of sp³-hybridized carbons (Fsp3) is 0.353. The number of carbonyl (C=O) groups is 1. The number of aromatic nitrogens is 2. The summed E-state index contributed by atoms with van der Waals surface area (Å²) in [5.41, 5.74) is 1.72. The molecular formula is C17H18N4O. The Labute approximate surface area is 129 Å². The van der Waals surface area contributed by atoms with E-state index in [1.807, 2.05) is 24.5 Å². The second-order valence-corrected chi connectivity index (χ2v) is 5.61. The monoisotopic (exact) mass is 294 g/mol.